The first-order chi connectivity index (χ1) is 12.7. The number of hydrogen-bond donors (Lipinski definition) is 1. The fourth-order valence-corrected chi connectivity index (χ4v) is 5.00. The number of fused-ring (bicyclic) bond motifs is 1. The Balaban J connectivity index is 1.51. The van der Waals surface area contributed by atoms with Crippen LogP contribution >= 0.6 is 27.3 Å². The Morgan fingerprint density at radius 2 is 1.96 bits per heavy atom. The Hall–Kier alpha value is -1.41. The third-order valence-corrected chi connectivity index (χ3v) is 6.54. The highest BCUT2D eigenvalue weighted by Gasteiger charge is 2.33. The molecule has 1 atom stereocenters. The lowest BCUT2D eigenvalue weighted by Crippen LogP contribution is -2.44. The molecule has 2 aliphatic rings. The first-order valence-electron chi connectivity index (χ1n) is 8.94. The monoisotopic (exact) mass is 435 g/mol. The molecule has 0 bridgehead atoms. The smallest absolute Gasteiger partial charge is 0.257 e. The molecule has 2 aliphatic heterocycles. The van der Waals surface area contributed by atoms with Crippen LogP contribution in [0, 0.1) is 0 Å². The molecule has 5 nitrogen and oxygen atoms in total. The molecule has 4 rings (SSSR count). The Kier molecular flexibility index (Phi) is 5.59. The van der Waals surface area contributed by atoms with E-state index >= 15 is 0 Å². The van der Waals surface area contributed by atoms with Crippen LogP contribution in [0.25, 0.3) is 0 Å². The molecular weight excluding hydrogens is 414 g/mol. The standard InChI is InChI=1S/C19H22BrN3O2S/c20-17-7-6-16(26-17)18-21-15-5-2-1-4-14(15)19(24)23(18)9-3-8-22-10-12-25-13-11-22/h1-2,4-7,18,21H,3,8-13H2/t18-/m1/s1. The van der Waals surface area contributed by atoms with Crippen molar-refractivity contribution in [2.24, 2.45) is 0 Å². The number of halogens is 1. The van der Waals surface area contributed by atoms with Gasteiger partial charge in [0.15, 0.2) is 0 Å². The maximum absolute atomic E-state index is 13.1. The minimum atomic E-state index is -0.113. The molecule has 7 heteroatoms. The quantitative estimate of drug-likeness (QED) is 0.775. The van der Waals surface area contributed by atoms with Crippen molar-refractivity contribution in [2.75, 3.05) is 44.7 Å². The van der Waals surface area contributed by atoms with Crippen LogP contribution in [-0.4, -0.2) is 55.1 Å². The average molecular weight is 436 g/mol. The number of rotatable bonds is 5. The molecule has 26 heavy (non-hydrogen) atoms. The first-order valence-corrected chi connectivity index (χ1v) is 10.6. The highest BCUT2D eigenvalue weighted by Crippen LogP contribution is 2.37. The number of thiophene rings is 1. The summed E-state index contributed by atoms with van der Waals surface area (Å²) in [6.45, 7) is 5.31. The van der Waals surface area contributed by atoms with Crippen molar-refractivity contribution in [3.8, 4) is 0 Å². The molecule has 3 heterocycles. The predicted octanol–water partition coefficient (Wildman–Crippen LogP) is 3.80. The Morgan fingerprint density at radius 3 is 2.73 bits per heavy atom. The molecular formula is C19H22BrN3O2S. The van der Waals surface area contributed by atoms with Gasteiger partial charge in [-0.3, -0.25) is 9.69 Å². The second-order valence-electron chi connectivity index (χ2n) is 6.54. The van der Waals surface area contributed by atoms with Gasteiger partial charge >= 0.3 is 0 Å². The van der Waals surface area contributed by atoms with E-state index in [-0.39, 0.29) is 12.1 Å². The van der Waals surface area contributed by atoms with Crippen LogP contribution in [0.1, 0.15) is 27.8 Å². The van der Waals surface area contributed by atoms with Gasteiger partial charge < -0.3 is 15.0 Å². The summed E-state index contributed by atoms with van der Waals surface area (Å²) in [6, 6.07) is 11.9. The third-order valence-electron chi connectivity index (χ3n) is 4.86. The molecule has 2 aromatic rings. The largest absolute Gasteiger partial charge is 0.379 e. The zero-order valence-electron chi connectivity index (χ0n) is 14.5. The lowest BCUT2D eigenvalue weighted by Gasteiger charge is -2.38. The van der Waals surface area contributed by atoms with Gasteiger partial charge in [-0.25, -0.2) is 0 Å². The Labute approximate surface area is 166 Å². The zero-order valence-corrected chi connectivity index (χ0v) is 16.9. The number of benzene rings is 1. The van der Waals surface area contributed by atoms with Crippen molar-refractivity contribution in [1.82, 2.24) is 9.80 Å². The Bertz CT molecular complexity index is 776. The van der Waals surface area contributed by atoms with E-state index in [1.807, 2.05) is 35.2 Å². The SMILES string of the molecule is O=C1c2ccccc2N[C@@H](c2ccc(Br)s2)N1CCCN1CCOCC1. The van der Waals surface area contributed by atoms with Crippen molar-refractivity contribution in [3.05, 3.63) is 50.6 Å². The topological polar surface area (TPSA) is 44.8 Å². The lowest BCUT2D eigenvalue weighted by atomic mass is 10.1. The van der Waals surface area contributed by atoms with Crippen LogP contribution in [0.15, 0.2) is 40.2 Å². The minimum Gasteiger partial charge on any atom is -0.379 e. The van der Waals surface area contributed by atoms with Crippen molar-refractivity contribution in [3.63, 3.8) is 0 Å². The molecule has 1 aromatic carbocycles. The van der Waals surface area contributed by atoms with Crippen LogP contribution in [0.3, 0.4) is 0 Å². The van der Waals surface area contributed by atoms with E-state index in [1.54, 1.807) is 11.3 Å². The molecule has 138 valence electrons. The second kappa shape index (κ2) is 8.08. The number of anilines is 1. The summed E-state index contributed by atoms with van der Waals surface area (Å²) in [5.41, 5.74) is 1.67. The number of carbonyl (C=O) groups excluding carboxylic acids is 1. The maximum atomic E-state index is 13.1. The van der Waals surface area contributed by atoms with E-state index < -0.39 is 0 Å². The van der Waals surface area contributed by atoms with Crippen molar-refractivity contribution < 1.29 is 9.53 Å². The first kappa shape index (κ1) is 18.0. The fraction of sp³-hybridized carbons (Fsp3) is 0.421. The van der Waals surface area contributed by atoms with E-state index in [4.69, 9.17) is 4.74 Å². The lowest BCUT2D eigenvalue weighted by molar-refractivity contribution is 0.0348. The van der Waals surface area contributed by atoms with E-state index in [1.165, 1.54) is 0 Å². The zero-order chi connectivity index (χ0) is 17.9. The van der Waals surface area contributed by atoms with E-state index in [2.05, 4.69) is 32.2 Å². The van der Waals surface area contributed by atoms with Gasteiger partial charge in [-0.15, -0.1) is 11.3 Å². The average Bonchev–Trinajstić information content (AvgIpc) is 3.10. The number of nitrogens with zero attached hydrogens (tertiary/aromatic N) is 2. The van der Waals surface area contributed by atoms with Crippen molar-refractivity contribution in [1.29, 1.82) is 0 Å². The van der Waals surface area contributed by atoms with E-state index in [9.17, 15) is 4.79 Å². The molecule has 0 aliphatic carbocycles. The second-order valence-corrected chi connectivity index (χ2v) is 9.04. The number of carbonyl (C=O) groups is 1. The summed E-state index contributed by atoms with van der Waals surface area (Å²) in [5, 5.41) is 3.56. The highest BCUT2D eigenvalue weighted by molar-refractivity contribution is 9.11. The van der Waals surface area contributed by atoms with Crippen molar-refractivity contribution in [2.45, 2.75) is 12.6 Å². The molecule has 1 fully saturated rings. The minimum absolute atomic E-state index is 0.107. The number of para-hydroxylation sites is 1. The van der Waals surface area contributed by atoms with Gasteiger partial charge in [0.2, 0.25) is 0 Å². The third kappa shape index (κ3) is 3.81. The van der Waals surface area contributed by atoms with Gasteiger partial charge in [0.1, 0.15) is 6.17 Å². The highest BCUT2D eigenvalue weighted by atomic mass is 79.9. The van der Waals surface area contributed by atoms with Crippen LogP contribution in [0.5, 0.6) is 0 Å². The molecule has 0 spiro atoms. The maximum Gasteiger partial charge on any atom is 0.257 e. The van der Waals surface area contributed by atoms with Crippen LogP contribution < -0.4 is 5.32 Å². The molecule has 1 N–H and O–H groups in total. The molecule has 0 radical (unpaired) electrons. The van der Waals surface area contributed by atoms with Gasteiger partial charge in [-0.1, -0.05) is 12.1 Å². The molecule has 0 saturated carbocycles. The van der Waals surface area contributed by atoms with Gasteiger partial charge in [-0.05, 0) is 46.6 Å². The summed E-state index contributed by atoms with van der Waals surface area (Å²) in [6.07, 6.45) is 0.844. The molecule has 1 amide bonds. The van der Waals surface area contributed by atoms with E-state index in [0.717, 1.165) is 65.7 Å². The predicted molar refractivity (Wildman–Crippen MR) is 108 cm³/mol. The number of nitrogens with one attached hydrogen (secondary N) is 1. The summed E-state index contributed by atoms with van der Waals surface area (Å²) in [4.78, 5) is 18.7. The summed E-state index contributed by atoms with van der Waals surface area (Å²) in [5.74, 6) is 0.107. The van der Waals surface area contributed by atoms with Gasteiger partial charge in [0, 0.05) is 36.7 Å². The summed E-state index contributed by atoms with van der Waals surface area (Å²) < 4.78 is 6.49. The van der Waals surface area contributed by atoms with Gasteiger partial charge in [-0.2, -0.15) is 0 Å². The Morgan fingerprint density at radius 1 is 1.15 bits per heavy atom. The molecule has 0 unspecified atom stereocenters. The fourth-order valence-electron chi connectivity index (χ4n) is 3.51. The van der Waals surface area contributed by atoms with Gasteiger partial charge in [0.25, 0.3) is 5.91 Å². The van der Waals surface area contributed by atoms with E-state index in [0.29, 0.717) is 0 Å². The normalized spacial score (nSPS) is 20.7. The van der Waals surface area contributed by atoms with Crippen molar-refractivity contribution >= 4 is 38.9 Å². The summed E-state index contributed by atoms with van der Waals surface area (Å²) in [7, 11) is 0. The van der Waals surface area contributed by atoms with Crippen LogP contribution in [-0.2, 0) is 4.74 Å². The number of ether oxygens (including phenoxy) is 1. The summed E-state index contributed by atoms with van der Waals surface area (Å²) >= 11 is 5.21. The number of morpholine rings is 1. The van der Waals surface area contributed by atoms with Crippen LogP contribution in [0.2, 0.25) is 0 Å². The molecule has 1 aromatic heterocycles. The number of amides is 1. The van der Waals surface area contributed by atoms with Crippen LogP contribution in [0.4, 0.5) is 5.69 Å². The van der Waals surface area contributed by atoms with Gasteiger partial charge in [0.05, 0.1) is 22.6 Å². The molecule has 1 saturated heterocycles. The number of hydrogen-bond acceptors (Lipinski definition) is 5.